The number of nitrogens with one attached hydrogen (secondary N) is 1. The maximum absolute atomic E-state index is 4.43. The van der Waals surface area contributed by atoms with Crippen LogP contribution in [-0.2, 0) is 13.1 Å². The summed E-state index contributed by atoms with van der Waals surface area (Å²) in [5.41, 5.74) is 1.11. The molecule has 0 fully saturated rings. The Morgan fingerprint density at radius 1 is 1.53 bits per heavy atom. The number of hydrogen-bond donors (Lipinski definition) is 1. The van der Waals surface area contributed by atoms with Crippen LogP contribution in [0.25, 0.3) is 0 Å². The Labute approximate surface area is 106 Å². The molecule has 2 aromatic rings. The number of aromatic nitrogens is 3. The van der Waals surface area contributed by atoms with Gasteiger partial charge in [-0.2, -0.15) is 5.10 Å². The van der Waals surface area contributed by atoms with Crippen molar-refractivity contribution < 1.29 is 0 Å². The molecule has 2 heterocycles. The molecule has 0 aliphatic rings. The van der Waals surface area contributed by atoms with Crippen molar-refractivity contribution in [3.63, 3.8) is 0 Å². The minimum Gasteiger partial charge on any atom is -0.308 e. The zero-order valence-corrected chi connectivity index (χ0v) is 11.1. The zero-order valence-electron chi connectivity index (χ0n) is 10.3. The van der Waals surface area contributed by atoms with E-state index in [-0.39, 0.29) is 0 Å². The van der Waals surface area contributed by atoms with Crippen LogP contribution >= 0.6 is 11.3 Å². The van der Waals surface area contributed by atoms with E-state index in [0.29, 0.717) is 6.04 Å². The van der Waals surface area contributed by atoms with Crippen molar-refractivity contribution in [2.24, 2.45) is 0 Å². The van der Waals surface area contributed by atoms with Gasteiger partial charge in [-0.25, -0.2) is 4.98 Å². The first-order chi connectivity index (χ1) is 8.24. The Morgan fingerprint density at radius 3 is 3.06 bits per heavy atom. The van der Waals surface area contributed by atoms with Crippen LogP contribution in [-0.4, -0.2) is 20.8 Å². The molecule has 0 saturated carbocycles. The second-order valence-corrected chi connectivity index (χ2v) is 5.17. The van der Waals surface area contributed by atoms with Crippen molar-refractivity contribution in [2.75, 3.05) is 0 Å². The average molecular weight is 250 g/mol. The average Bonchev–Trinajstić information content (AvgIpc) is 2.95. The lowest BCUT2D eigenvalue weighted by atomic mass is 10.2. The van der Waals surface area contributed by atoms with Crippen LogP contribution in [0.15, 0.2) is 23.8 Å². The Hall–Kier alpha value is -1.20. The smallest absolute Gasteiger partial charge is 0.107 e. The monoisotopic (exact) mass is 250 g/mol. The van der Waals surface area contributed by atoms with Gasteiger partial charge in [-0.15, -0.1) is 11.3 Å². The molecule has 92 valence electrons. The van der Waals surface area contributed by atoms with Gasteiger partial charge < -0.3 is 5.32 Å². The van der Waals surface area contributed by atoms with Crippen molar-refractivity contribution in [3.05, 3.63) is 34.5 Å². The fourth-order valence-corrected chi connectivity index (χ4v) is 2.33. The maximum Gasteiger partial charge on any atom is 0.107 e. The van der Waals surface area contributed by atoms with Crippen LogP contribution in [0.4, 0.5) is 0 Å². The second kappa shape index (κ2) is 5.93. The van der Waals surface area contributed by atoms with Crippen molar-refractivity contribution in [2.45, 2.75) is 39.4 Å². The molecule has 1 unspecified atom stereocenters. The summed E-state index contributed by atoms with van der Waals surface area (Å²) in [6.07, 6.45) is 4.89. The lowest BCUT2D eigenvalue weighted by Gasteiger charge is -2.12. The summed E-state index contributed by atoms with van der Waals surface area (Å²) in [6, 6.07) is 2.43. The molecule has 0 spiro atoms. The minimum absolute atomic E-state index is 0.475. The van der Waals surface area contributed by atoms with Gasteiger partial charge in [0.15, 0.2) is 0 Å². The summed E-state index contributed by atoms with van der Waals surface area (Å²) in [5.74, 6) is 0. The standard InChI is InChI=1S/C12H18N4S/c1-10(4-7-16-6-3-5-14-16)13-8-12-15-11(2)9-17-12/h3,5-6,9-10,13H,4,7-8H2,1-2H3. The van der Waals surface area contributed by atoms with Crippen LogP contribution in [0, 0.1) is 6.92 Å². The van der Waals surface area contributed by atoms with E-state index in [1.165, 1.54) is 0 Å². The molecular formula is C12H18N4S. The molecule has 5 heteroatoms. The van der Waals surface area contributed by atoms with E-state index in [1.807, 2.05) is 30.1 Å². The summed E-state index contributed by atoms with van der Waals surface area (Å²) in [6.45, 7) is 6.04. The maximum atomic E-state index is 4.43. The fourth-order valence-electron chi connectivity index (χ4n) is 1.61. The van der Waals surface area contributed by atoms with Crippen LogP contribution in [0.1, 0.15) is 24.0 Å². The van der Waals surface area contributed by atoms with Gasteiger partial charge in [-0.05, 0) is 26.3 Å². The van der Waals surface area contributed by atoms with Gasteiger partial charge in [-0.1, -0.05) is 0 Å². The van der Waals surface area contributed by atoms with E-state index in [9.17, 15) is 0 Å². The molecule has 0 bridgehead atoms. The predicted octanol–water partition coefficient (Wildman–Crippen LogP) is 2.22. The number of hydrogen-bond acceptors (Lipinski definition) is 4. The number of aryl methyl sites for hydroxylation is 2. The van der Waals surface area contributed by atoms with E-state index in [4.69, 9.17) is 0 Å². The first-order valence-electron chi connectivity index (χ1n) is 5.86. The fraction of sp³-hybridized carbons (Fsp3) is 0.500. The van der Waals surface area contributed by atoms with E-state index in [1.54, 1.807) is 11.3 Å². The molecule has 2 aromatic heterocycles. The molecule has 0 radical (unpaired) electrons. The van der Waals surface area contributed by atoms with E-state index < -0.39 is 0 Å². The van der Waals surface area contributed by atoms with Gasteiger partial charge >= 0.3 is 0 Å². The van der Waals surface area contributed by atoms with E-state index >= 15 is 0 Å². The summed E-state index contributed by atoms with van der Waals surface area (Å²) in [5, 5.41) is 10.9. The number of nitrogens with zero attached hydrogens (tertiary/aromatic N) is 3. The van der Waals surface area contributed by atoms with Crippen molar-refractivity contribution in [1.82, 2.24) is 20.1 Å². The van der Waals surface area contributed by atoms with Crippen LogP contribution in [0.5, 0.6) is 0 Å². The molecule has 0 aliphatic heterocycles. The summed E-state index contributed by atoms with van der Waals surface area (Å²) < 4.78 is 1.96. The van der Waals surface area contributed by atoms with Gasteiger partial charge in [-0.3, -0.25) is 4.68 Å². The van der Waals surface area contributed by atoms with Gasteiger partial charge in [0.25, 0.3) is 0 Å². The Morgan fingerprint density at radius 2 is 2.41 bits per heavy atom. The predicted molar refractivity (Wildman–Crippen MR) is 70.0 cm³/mol. The topological polar surface area (TPSA) is 42.7 Å². The Bertz CT molecular complexity index is 435. The first kappa shape index (κ1) is 12.3. The third-order valence-corrected chi connectivity index (χ3v) is 3.59. The van der Waals surface area contributed by atoms with E-state index in [0.717, 1.165) is 30.2 Å². The van der Waals surface area contributed by atoms with Gasteiger partial charge in [0, 0.05) is 42.6 Å². The molecule has 0 amide bonds. The Kier molecular flexibility index (Phi) is 4.28. The minimum atomic E-state index is 0.475. The molecular weight excluding hydrogens is 232 g/mol. The van der Waals surface area contributed by atoms with Gasteiger partial charge in [0.05, 0.1) is 0 Å². The van der Waals surface area contributed by atoms with Crippen molar-refractivity contribution >= 4 is 11.3 Å². The summed E-state index contributed by atoms with van der Waals surface area (Å²) in [7, 11) is 0. The zero-order chi connectivity index (χ0) is 12.1. The normalized spacial score (nSPS) is 12.8. The molecule has 2 rings (SSSR count). The van der Waals surface area contributed by atoms with Gasteiger partial charge in [0.2, 0.25) is 0 Å². The summed E-state index contributed by atoms with van der Waals surface area (Å²) in [4.78, 5) is 4.43. The van der Waals surface area contributed by atoms with Crippen LogP contribution in [0.3, 0.4) is 0 Å². The van der Waals surface area contributed by atoms with Crippen molar-refractivity contribution in [1.29, 1.82) is 0 Å². The third kappa shape index (κ3) is 3.94. The van der Waals surface area contributed by atoms with Crippen LogP contribution < -0.4 is 5.32 Å². The number of rotatable bonds is 6. The van der Waals surface area contributed by atoms with Crippen LogP contribution in [0.2, 0.25) is 0 Å². The van der Waals surface area contributed by atoms with Gasteiger partial charge in [0.1, 0.15) is 5.01 Å². The highest BCUT2D eigenvalue weighted by molar-refractivity contribution is 7.09. The largest absolute Gasteiger partial charge is 0.308 e. The highest BCUT2D eigenvalue weighted by atomic mass is 32.1. The molecule has 0 aliphatic carbocycles. The SMILES string of the molecule is Cc1csc(CNC(C)CCn2cccn2)n1. The quantitative estimate of drug-likeness (QED) is 0.855. The lowest BCUT2D eigenvalue weighted by molar-refractivity contribution is 0.457. The van der Waals surface area contributed by atoms with E-state index in [2.05, 4.69) is 27.7 Å². The molecule has 0 aromatic carbocycles. The molecule has 4 nitrogen and oxygen atoms in total. The van der Waals surface area contributed by atoms with Crippen molar-refractivity contribution in [3.8, 4) is 0 Å². The molecule has 1 N–H and O–H groups in total. The lowest BCUT2D eigenvalue weighted by Crippen LogP contribution is -2.26. The summed E-state index contributed by atoms with van der Waals surface area (Å²) >= 11 is 1.72. The Balaban J connectivity index is 1.69. The third-order valence-electron chi connectivity index (χ3n) is 2.62. The highest BCUT2D eigenvalue weighted by Gasteiger charge is 2.04. The molecule has 17 heavy (non-hydrogen) atoms. The first-order valence-corrected chi connectivity index (χ1v) is 6.74. The molecule has 0 saturated heterocycles. The molecule has 1 atom stereocenters. The second-order valence-electron chi connectivity index (χ2n) is 4.22. The highest BCUT2D eigenvalue weighted by Crippen LogP contribution is 2.08. The number of thiazole rings is 1.